The number of amides is 1. The van der Waals surface area contributed by atoms with Crippen LogP contribution in [0.2, 0.25) is 0 Å². The first-order valence-corrected chi connectivity index (χ1v) is 5.22. The third-order valence-electron chi connectivity index (χ3n) is 2.28. The van der Waals surface area contributed by atoms with Crippen LogP contribution in [0.1, 0.15) is 15.9 Å². The zero-order valence-corrected chi connectivity index (χ0v) is 9.08. The Morgan fingerprint density at radius 3 is 2.06 bits per heavy atom. The molecular weight excluding hydrogens is 217 g/mol. The van der Waals surface area contributed by atoms with Crippen LogP contribution in [0.3, 0.4) is 0 Å². The van der Waals surface area contributed by atoms with E-state index in [9.17, 15) is 9.28 Å². The van der Waals surface area contributed by atoms with E-state index in [0.717, 1.165) is 6.54 Å². The monoisotopic (exact) mass is 228 g/mol. The molecule has 0 aliphatic carbocycles. The van der Waals surface area contributed by atoms with E-state index in [4.69, 9.17) is 0 Å². The van der Waals surface area contributed by atoms with Crippen LogP contribution in [-0.2, 0) is 0 Å². The number of hydrogen-bond donors (Lipinski definition) is 0. The van der Waals surface area contributed by atoms with E-state index >= 15 is 0 Å². The van der Waals surface area contributed by atoms with Gasteiger partial charge in [-0.15, -0.1) is 0 Å². The maximum atomic E-state index is 13.6. The highest BCUT2D eigenvalue weighted by molar-refractivity contribution is 5.94. The van der Waals surface area contributed by atoms with Gasteiger partial charge < -0.3 is 0 Å². The van der Waals surface area contributed by atoms with Crippen molar-refractivity contribution < 1.29 is 9.28 Å². The molecular formula is C14H11FNO. The molecule has 1 amide bonds. The topological polar surface area (TPSA) is 20.3 Å². The highest BCUT2D eigenvalue weighted by atomic mass is 19.2. The average molecular weight is 228 g/mol. The molecule has 0 heterocycles. The van der Waals surface area contributed by atoms with Crippen molar-refractivity contribution in [3.05, 3.63) is 78.3 Å². The smallest absolute Gasteiger partial charge is 0.266 e. The molecule has 0 aliphatic heterocycles. The zero-order chi connectivity index (χ0) is 12.1. The lowest BCUT2D eigenvalue weighted by atomic mass is 10.2. The van der Waals surface area contributed by atoms with Gasteiger partial charge >= 0.3 is 0 Å². The quantitative estimate of drug-likeness (QED) is 0.738. The Hall–Kier alpha value is -2.16. The van der Waals surface area contributed by atoms with Crippen LogP contribution in [-0.4, -0.2) is 11.0 Å². The van der Waals surface area contributed by atoms with E-state index in [0.29, 0.717) is 11.1 Å². The Morgan fingerprint density at radius 2 is 1.47 bits per heavy atom. The Labute approximate surface area is 99.2 Å². The first-order valence-electron chi connectivity index (χ1n) is 5.22. The summed E-state index contributed by atoms with van der Waals surface area (Å²) < 4.78 is 13.6. The number of carbonyl (C=O) groups is 1. The summed E-state index contributed by atoms with van der Waals surface area (Å²) in [6.07, 6.45) is 0. The van der Waals surface area contributed by atoms with E-state index in [-0.39, 0.29) is 5.12 Å². The summed E-state index contributed by atoms with van der Waals surface area (Å²) >= 11 is 0. The van der Waals surface area contributed by atoms with Crippen molar-refractivity contribution in [1.29, 1.82) is 0 Å². The van der Waals surface area contributed by atoms with Crippen molar-refractivity contribution in [3.63, 3.8) is 0 Å². The molecule has 0 aromatic heterocycles. The second kappa shape index (κ2) is 5.25. The minimum absolute atomic E-state index is 0.102. The molecule has 2 nitrogen and oxygen atoms in total. The summed E-state index contributed by atoms with van der Waals surface area (Å²) in [5.74, 6) is -0.672. The zero-order valence-electron chi connectivity index (χ0n) is 9.08. The van der Waals surface area contributed by atoms with E-state index in [2.05, 4.69) is 0 Å². The molecule has 3 heteroatoms. The largest absolute Gasteiger partial charge is 0.282 e. The Morgan fingerprint density at radius 1 is 0.941 bits per heavy atom. The van der Waals surface area contributed by atoms with Crippen molar-refractivity contribution in [2.45, 2.75) is 0 Å². The molecule has 0 N–H and O–H groups in total. The molecule has 2 aromatic rings. The molecule has 0 saturated heterocycles. The number of nitrogens with zero attached hydrogens (tertiary/aromatic N) is 1. The van der Waals surface area contributed by atoms with Crippen LogP contribution in [0.5, 0.6) is 0 Å². The summed E-state index contributed by atoms with van der Waals surface area (Å²) in [6.45, 7) is 1.16. The highest BCUT2D eigenvalue weighted by Gasteiger charge is 2.15. The van der Waals surface area contributed by atoms with Gasteiger partial charge in [0.15, 0.2) is 0 Å². The number of carbonyl (C=O) groups excluding carboxylic acids is 1. The minimum Gasteiger partial charge on any atom is -0.266 e. The van der Waals surface area contributed by atoms with Gasteiger partial charge in [-0.1, -0.05) is 53.0 Å². The second-order valence-corrected chi connectivity index (χ2v) is 3.52. The molecule has 2 aromatic carbocycles. The normalized spacial score (nSPS) is 9.94. The van der Waals surface area contributed by atoms with E-state index in [1.54, 1.807) is 54.6 Å². The van der Waals surface area contributed by atoms with E-state index < -0.39 is 5.91 Å². The number of rotatable bonds is 3. The highest BCUT2D eigenvalue weighted by Crippen LogP contribution is 2.11. The van der Waals surface area contributed by atoms with Crippen LogP contribution in [0, 0.1) is 6.54 Å². The summed E-state index contributed by atoms with van der Waals surface area (Å²) in [5.41, 5.74) is 0.960. The molecule has 0 fully saturated rings. The third-order valence-corrected chi connectivity index (χ3v) is 2.28. The lowest BCUT2D eigenvalue weighted by molar-refractivity contribution is 0.0377. The standard InChI is InChI=1S/C14H11FNO/c15-16(11-12-7-3-1-4-8-12)14(17)13-9-5-2-6-10-13/h1-11H. The van der Waals surface area contributed by atoms with Crippen LogP contribution >= 0.6 is 0 Å². The molecule has 0 unspecified atom stereocenters. The molecule has 2 rings (SSSR count). The van der Waals surface area contributed by atoms with Gasteiger partial charge in [0, 0.05) is 5.56 Å². The molecule has 0 atom stereocenters. The summed E-state index contributed by atoms with van der Waals surface area (Å²) in [5, 5.41) is 0.102. The maximum Gasteiger partial charge on any atom is 0.282 e. The van der Waals surface area contributed by atoms with Crippen molar-refractivity contribution >= 4 is 5.91 Å². The fourth-order valence-corrected chi connectivity index (χ4v) is 1.43. The molecule has 1 radical (unpaired) electrons. The van der Waals surface area contributed by atoms with Gasteiger partial charge in [-0.05, 0) is 17.7 Å². The van der Waals surface area contributed by atoms with Crippen LogP contribution < -0.4 is 0 Å². The van der Waals surface area contributed by atoms with Crippen LogP contribution in [0.25, 0.3) is 0 Å². The Kier molecular flexibility index (Phi) is 3.50. The predicted molar refractivity (Wildman–Crippen MR) is 63.6 cm³/mol. The summed E-state index contributed by atoms with van der Waals surface area (Å²) in [7, 11) is 0. The van der Waals surface area contributed by atoms with Gasteiger partial charge in [-0.25, -0.2) is 0 Å². The number of hydrogen-bond acceptors (Lipinski definition) is 1. The van der Waals surface area contributed by atoms with Crippen molar-refractivity contribution in [2.75, 3.05) is 0 Å². The fourth-order valence-electron chi connectivity index (χ4n) is 1.43. The SMILES string of the molecule is O=C(c1ccccc1)N(F)[CH]c1ccccc1. The van der Waals surface area contributed by atoms with E-state index in [1.807, 2.05) is 6.07 Å². The first-order chi connectivity index (χ1) is 8.27. The Bertz CT molecular complexity index is 484. The van der Waals surface area contributed by atoms with Gasteiger partial charge in [-0.2, -0.15) is 5.12 Å². The van der Waals surface area contributed by atoms with E-state index in [1.165, 1.54) is 0 Å². The van der Waals surface area contributed by atoms with Gasteiger partial charge in [0.2, 0.25) is 0 Å². The van der Waals surface area contributed by atoms with Gasteiger partial charge in [-0.3, -0.25) is 4.79 Å². The predicted octanol–water partition coefficient (Wildman–Crippen LogP) is 3.22. The lowest BCUT2D eigenvalue weighted by Crippen LogP contribution is -2.20. The molecule has 0 spiro atoms. The molecule has 0 bridgehead atoms. The summed E-state index contributed by atoms with van der Waals surface area (Å²) in [6, 6.07) is 17.2. The minimum atomic E-state index is -0.672. The van der Waals surface area contributed by atoms with Crippen LogP contribution in [0.15, 0.2) is 60.7 Å². The lowest BCUT2D eigenvalue weighted by Gasteiger charge is -2.11. The van der Waals surface area contributed by atoms with Crippen molar-refractivity contribution in [1.82, 2.24) is 5.12 Å². The second-order valence-electron chi connectivity index (χ2n) is 3.52. The average Bonchev–Trinajstić information content (AvgIpc) is 2.40. The van der Waals surface area contributed by atoms with Crippen molar-refractivity contribution in [3.8, 4) is 0 Å². The maximum absolute atomic E-state index is 13.6. The van der Waals surface area contributed by atoms with Crippen LogP contribution in [0.4, 0.5) is 4.48 Å². The fraction of sp³-hybridized carbons (Fsp3) is 0. The molecule has 0 saturated carbocycles. The number of halogens is 1. The third kappa shape index (κ3) is 2.91. The molecule has 17 heavy (non-hydrogen) atoms. The van der Waals surface area contributed by atoms with Gasteiger partial charge in [0.05, 0.1) is 0 Å². The first kappa shape index (κ1) is 11.3. The molecule has 85 valence electrons. The Balaban J connectivity index is 2.06. The summed E-state index contributed by atoms with van der Waals surface area (Å²) in [4.78, 5) is 11.7. The van der Waals surface area contributed by atoms with Gasteiger partial charge in [0.1, 0.15) is 6.54 Å². The van der Waals surface area contributed by atoms with Crippen molar-refractivity contribution in [2.24, 2.45) is 0 Å². The molecule has 0 aliphatic rings. The van der Waals surface area contributed by atoms with Gasteiger partial charge in [0.25, 0.3) is 5.91 Å². The number of benzene rings is 2.